The summed E-state index contributed by atoms with van der Waals surface area (Å²) in [6.07, 6.45) is 0. The van der Waals surface area contributed by atoms with Crippen LogP contribution in [-0.2, 0) is 6.54 Å². The molecule has 3 heteroatoms. The van der Waals surface area contributed by atoms with Crippen LogP contribution in [-0.4, -0.2) is 15.6 Å². The van der Waals surface area contributed by atoms with E-state index < -0.39 is 5.97 Å². The topological polar surface area (TPSA) is 42.2 Å². The molecule has 4 rings (SSSR count). The van der Waals surface area contributed by atoms with Gasteiger partial charge in [0.2, 0.25) is 0 Å². The van der Waals surface area contributed by atoms with E-state index in [4.69, 9.17) is 0 Å². The van der Waals surface area contributed by atoms with E-state index in [0.29, 0.717) is 12.2 Å². The molecule has 0 aliphatic carbocycles. The highest BCUT2D eigenvalue weighted by atomic mass is 16.4. The molecule has 0 fully saturated rings. The maximum Gasteiger partial charge on any atom is 0.352 e. The lowest BCUT2D eigenvalue weighted by Crippen LogP contribution is -2.09. The second kappa shape index (κ2) is 5.29. The van der Waals surface area contributed by atoms with Crippen LogP contribution in [0.3, 0.4) is 0 Å². The van der Waals surface area contributed by atoms with Crippen LogP contribution < -0.4 is 0 Å². The minimum Gasteiger partial charge on any atom is -0.477 e. The molecule has 0 spiro atoms. The zero-order valence-electron chi connectivity index (χ0n) is 12.4. The third-order valence-corrected chi connectivity index (χ3v) is 4.21. The zero-order valence-corrected chi connectivity index (χ0v) is 12.4. The van der Waals surface area contributed by atoms with Crippen LogP contribution in [0.1, 0.15) is 16.1 Å². The summed E-state index contributed by atoms with van der Waals surface area (Å²) in [7, 11) is 0. The first kappa shape index (κ1) is 13.6. The van der Waals surface area contributed by atoms with Gasteiger partial charge in [0.15, 0.2) is 0 Å². The number of aromatic nitrogens is 1. The number of carboxylic acid groups (broad SMARTS) is 1. The Morgan fingerprint density at radius 3 is 2.39 bits per heavy atom. The van der Waals surface area contributed by atoms with Gasteiger partial charge < -0.3 is 9.67 Å². The molecule has 1 aromatic heterocycles. The molecule has 3 aromatic carbocycles. The summed E-state index contributed by atoms with van der Waals surface area (Å²) in [5, 5.41) is 12.8. The van der Waals surface area contributed by atoms with Gasteiger partial charge in [-0.15, -0.1) is 0 Å². The normalized spacial score (nSPS) is 11.1. The van der Waals surface area contributed by atoms with Gasteiger partial charge >= 0.3 is 5.97 Å². The van der Waals surface area contributed by atoms with Crippen molar-refractivity contribution < 1.29 is 9.90 Å². The number of aromatic carboxylic acids is 1. The fourth-order valence-electron chi connectivity index (χ4n) is 3.13. The summed E-state index contributed by atoms with van der Waals surface area (Å²) in [5.41, 5.74) is 2.35. The Morgan fingerprint density at radius 1 is 0.870 bits per heavy atom. The van der Waals surface area contributed by atoms with Gasteiger partial charge in [0, 0.05) is 17.4 Å². The molecule has 112 valence electrons. The van der Waals surface area contributed by atoms with E-state index in [1.54, 1.807) is 6.07 Å². The predicted molar refractivity (Wildman–Crippen MR) is 91.9 cm³/mol. The Kier molecular flexibility index (Phi) is 3.12. The molecular formula is C20H15NO2. The average Bonchev–Trinajstić information content (AvgIpc) is 2.95. The van der Waals surface area contributed by atoms with Gasteiger partial charge in [-0.25, -0.2) is 4.79 Å². The maximum absolute atomic E-state index is 11.7. The smallest absolute Gasteiger partial charge is 0.352 e. The van der Waals surface area contributed by atoms with Gasteiger partial charge in [-0.1, -0.05) is 60.7 Å². The molecule has 0 amide bonds. The standard InChI is InChI=1S/C20H15NO2/c22-20(23)19-12-17-16-9-5-4-8-15(16)10-11-18(17)21(19)13-14-6-2-1-3-7-14/h1-12H,13H2,(H,22,23). The zero-order chi connectivity index (χ0) is 15.8. The highest BCUT2D eigenvalue weighted by molar-refractivity contribution is 6.09. The van der Waals surface area contributed by atoms with Crippen LogP contribution in [0.15, 0.2) is 72.8 Å². The highest BCUT2D eigenvalue weighted by Gasteiger charge is 2.16. The molecule has 0 saturated heterocycles. The molecule has 1 N–H and O–H groups in total. The Balaban J connectivity index is 1.99. The minimum absolute atomic E-state index is 0.320. The fraction of sp³-hybridized carbons (Fsp3) is 0.0500. The molecule has 3 nitrogen and oxygen atoms in total. The number of nitrogens with zero attached hydrogens (tertiary/aromatic N) is 1. The van der Waals surface area contributed by atoms with Gasteiger partial charge in [0.25, 0.3) is 0 Å². The van der Waals surface area contributed by atoms with Gasteiger partial charge in [-0.2, -0.15) is 0 Å². The molecule has 0 unspecified atom stereocenters. The molecule has 23 heavy (non-hydrogen) atoms. The van der Waals surface area contributed by atoms with E-state index in [1.807, 2.05) is 71.3 Å². The predicted octanol–water partition coefficient (Wildman–Crippen LogP) is 4.54. The van der Waals surface area contributed by atoms with Crippen LogP contribution in [0.5, 0.6) is 0 Å². The molecule has 0 bridgehead atoms. The number of rotatable bonds is 3. The monoisotopic (exact) mass is 301 g/mol. The van der Waals surface area contributed by atoms with Gasteiger partial charge in [-0.3, -0.25) is 0 Å². The number of fused-ring (bicyclic) bond motifs is 3. The van der Waals surface area contributed by atoms with Crippen LogP contribution in [0.25, 0.3) is 21.7 Å². The van der Waals surface area contributed by atoms with E-state index >= 15 is 0 Å². The van der Waals surface area contributed by atoms with Crippen molar-refractivity contribution >= 4 is 27.6 Å². The number of hydrogen-bond acceptors (Lipinski definition) is 1. The second-order valence-corrected chi connectivity index (χ2v) is 5.63. The first-order chi connectivity index (χ1) is 11.2. The Bertz CT molecular complexity index is 1020. The van der Waals surface area contributed by atoms with Crippen molar-refractivity contribution in [2.75, 3.05) is 0 Å². The van der Waals surface area contributed by atoms with Crippen molar-refractivity contribution in [2.24, 2.45) is 0 Å². The number of carbonyl (C=O) groups is 1. The quantitative estimate of drug-likeness (QED) is 0.603. The van der Waals surface area contributed by atoms with Crippen molar-refractivity contribution in [3.63, 3.8) is 0 Å². The van der Waals surface area contributed by atoms with Crippen LogP contribution in [0, 0.1) is 0 Å². The first-order valence-electron chi connectivity index (χ1n) is 7.52. The summed E-state index contributed by atoms with van der Waals surface area (Å²) < 4.78 is 1.87. The number of benzene rings is 3. The molecule has 1 heterocycles. The molecule has 0 aliphatic heterocycles. The van der Waals surface area contributed by atoms with Crippen molar-refractivity contribution in [2.45, 2.75) is 6.54 Å². The molecule has 0 atom stereocenters. The van der Waals surface area contributed by atoms with Crippen molar-refractivity contribution in [1.29, 1.82) is 0 Å². The molecule has 0 aliphatic rings. The van der Waals surface area contributed by atoms with Crippen molar-refractivity contribution in [1.82, 2.24) is 4.57 Å². The van der Waals surface area contributed by atoms with Crippen LogP contribution in [0.2, 0.25) is 0 Å². The Labute approximate surface area is 133 Å². The van der Waals surface area contributed by atoms with Crippen molar-refractivity contribution in [3.8, 4) is 0 Å². The van der Waals surface area contributed by atoms with Gasteiger partial charge in [0.05, 0.1) is 0 Å². The largest absolute Gasteiger partial charge is 0.477 e. The second-order valence-electron chi connectivity index (χ2n) is 5.63. The number of carboxylic acids is 1. The third kappa shape index (κ3) is 2.27. The summed E-state index contributed by atoms with van der Waals surface area (Å²) in [4.78, 5) is 11.7. The third-order valence-electron chi connectivity index (χ3n) is 4.21. The molecular weight excluding hydrogens is 286 g/mol. The van der Waals surface area contributed by atoms with E-state index in [1.165, 1.54) is 0 Å². The van der Waals surface area contributed by atoms with E-state index in [-0.39, 0.29) is 0 Å². The SMILES string of the molecule is O=C(O)c1cc2c3ccccc3ccc2n1Cc1ccccc1. The van der Waals surface area contributed by atoms with E-state index in [2.05, 4.69) is 0 Å². The number of hydrogen-bond donors (Lipinski definition) is 1. The van der Waals surface area contributed by atoms with E-state index in [0.717, 1.165) is 27.2 Å². The first-order valence-corrected chi connectivity index (χ1v) is 7.52. The van der Waals surface area contributed by atoms with E-state index in [9.17, 15) is 9.90 Å². The van der Waals surface area contributed by atoms with Gasteiger partial charge in [0.1, 0.15) is 5.69 Å². The lowest BCUT2D eigenvalue weighted by molar-refractivity contribution is 0.0686. The molecule has 4 aromatic rings. The molecule has 0 radical (unpaired) electrons. The van der Waals surface area contributed by atoms with Crippen LogP contribution in [0.4, 0.5) is 0 Å². The fourth-order valence-corrected chi connectivity index (χ4v) is 3.13. The summed E-state index contributed by atoms with van der Waals surface area (Å²) in [5.74, 6) is -0.902. The Morgan fingerprint density at radius 2 is 1.61 bits per heavy atom. The average molecular weight is 301 g/mol. The van der Waals surface area contributed by atoms with Gasteiger partial charge in [-0.05, 0) is 28.5 Å². The summed E-state index contributed by atoms with van der Waals surface area (Å²) >= 11 is 0. The lowest BCUT2D eigenvalue weighted by atomic mass is 10.1. The minimum atomic E-state index is -0.902. The maximum atomic E-state index is 11.7. The molecule has 0 saturated carbocycles. The summed E-state index contributed by atoms with van der Waals surface area (Å²) in [6, 6.07) is 23.8. The summed E-state index contributed by atoms with van der Waals surface area (Å²) in [6.45, 7) is 0.546. The lowest BCUT2D eigenvalue weighted by Gasteiger charge is -2.09. The van der Waals surface area contributed by atoms with Crippen LogP contribution >= 0.6 is 0 Å². The van der Waals surface area contributed by atoms with Crippen molar-refractivity contribution in [3.05, 3.63) is 84.1 Å². The highest BCUT2D eigenvalue weighted by Crippen LogP contribution is 2.29. The Hall–Kier alpha value is -3.07.